The number of carbonyl (C=O) groups is 8. The maximum absolute atomic E-state index is 14.4. The molecule has 3 aliphatic rings. The number of nitrogens with one attached hydrogen (secondary N) is 6. The number of aromatic nitrogens is 2. The summed E-state index contributed by atoms with van der Waals surface area (Å²) in [5, 5.41) is 16.4. The van der Waals surface area contributed by atoms with Gasteiger partial charge in [0.1, 0.15) is 30.9 Å². The van der Waals surface area contributed by atoms with Gasteiger partial charge in [-0.05, 0) is 49.0 Å². The van der Waals surface area contributed by atoms with Gasteiger partial charge in [-0.3, -0.25) is 38.5 Å². The number of carbonyl (C=O) groups excluding carboxylic acids is 8. The third-order valence-corrected chi connectivity index (χ3v) is 11.2. The molecule has 1 aliphatic heterocycles. The molecular formula is C43H59N9O9. The standard InChI is InChI=1S/C43H59N9O9/c1-5-12-30(35(54)40(58)47-28-17-18-28)48-37(55)29-23-52(33(53)22-46-42(60)61-25-26-13-8-6-9-14-26)24-32(29)49-41(59)36(43(2,3)4)51-39(57)34(27-15-10-7-11-16-27)50-38(56)31-21-44-19-20-45-31/h6,8-9,13-14,19-21,27-30,32,34,36H,5,7,10-12,15-18,22-25H2,1-4H3,(H,46,60)(H,47,58)(H,48,55)(H,49,59)(H,50,56)(H,51,57)/t29-,30?,32+,34+,36?/m1/s1. The predicted molar refractivity (Wildman–Crippen MR) is 221 cm³/mol. The molecule has 0 spiro atoms. The summed E-state index contributed by atoms with van der Waals surface area (Å²) in [6.45, 7) is 6.26. The zero-order chi connectivity index (χ0) is 44.1. The topological polar surface area (TPSA) is 247 Å². The molecule has 5 atom stereocenters. The van der Waals surface area contributed by atoms with Crippen LogP contribution in [0.5, 0.6) is 0 Å². The van der Waals surface area contributed by atoms with Gasteiger partial charge in [-0.2, -0.15) is 0 Å². The van der Waals surface area contributed by atoms with Crippen LogP contribution in [0.25, 0.3) is 0 Å². The number of ether oxygens (including phenoxy) is 1. The number of Topliss-reactive ketones (excluding diaryl/α,β-unsaturated/α-hetero) is 1. The first-order valence-corrected chi connectivity index (χ1v) is 21.2. The molecule has 61 heavy (non-hydrogen) atoms. The summed E-state index contributed by atoms with van der Waals surface area (Å²) >= 11 is 0. The highest BCUT2D eigenvalue weighted by atomic mass is 16.5. The van der Waals surface area contributed by atoms with Crippen molar-refractivity contribution >= 4 is 47.3 Å². The van der Waals surface area contributed by atoms with Crippen LogP contribution in [0.4, 0.5) is 4.79 Å². The maximum Gasteiger partial charge on any atom is 0.407 e. The van der Waals surface area contributed by atoms with E-state index < -0.39 is 89.4 Å². The minimum atomic E-state index is -1.17. The Kier molecular flexibility index (Phi) is 16.3. The van der Waals surface area contributed by atoms with Gasteiger partial charge in [-0.1, -0.05) is 83.7 Å². The molecule has 1 aromatic heterocycles. The zero-order valence-corrected chi connectivity index (χ0v) is 35.4. The van der Waals surface area contributed by atoms with E-state index in [1.165, 1.54) is 23.5 Å². The molecule has 0 radical (unpaired) electrons. The smallest absolute Gasteiger partial charge is 0.407 e. The SMILES string of the molecule is CCCC(NC(=O)[C@@H]1CN(C(=O)CNC(=O)OCc2ccccc2)C[C@@H]1NC(=O)C(NC(=O)[C@@H](NC(=O)c1cnccn1)C1CCCCC1)C(C)(C)C)C(=O)C(=O)NC1CC1. The van der Waals surface area contributed by atoms with Gasteiger partial charge in [0, 0.05) is 31.5 Å². The van der Waals surface area contributed by atoms with Crippen LogP contribution in [0.2, 0.25) is 0 Å². The van der Waals surface area contributed by atoms with E-state index in [0.29, 0.717) is 19.3 Å². The van der Waals surface area contributed by atoms with Crippen LogP contribution in [-0.4, -0.2) is 112 Å². The Hall–Kier alpha value is -5.94. The summed E-state index contributed by atoms with van der Waals surface area (Å²) < 4.78 is 5.23. The molecular weight excluding hydrogens is 787 g/mol. The van der Waals surface area contributed by atoms with Gasteiger partial charge in [0.05, 0.1) is 24.2 Å². The first-order valence-electron chi connectivity index (χ1n) is 21.2. The van der Waals surface area contributed by atoms with Crippen LogP contribution in [0.1, 0.15) is 102 Å². The second-order valence-electron chi connectivity index (χ2n) is 17.1. The van der Waals surface area contributed by atoms with Crippen molar-refractivity contribution in [3.05, 3.63) is 60.2 Å². The van der Waals surface area contributed by atoms with Crippen molar-refractivity contribution in [3.8, 4) is 0 Å². The number of rotatable bonds is 18. The van der Waals surface area contributed by atoms with E-state index in [1.54, 1.807) is 45.0 Å². The average molecular weight is 846 g/mol. The van der Waals surface area contributed by atoms with Gasteiger partial charge >= 0.3 is 6.09 Å². The van der Waals surface area contributed by atoms with E-state index in [2.05, 4.69) is 41.9 Å². The van der Waals surface area contributed by atoms with Gasteiger partial charge < -0.3 is 41.5 Å². The lowest BCUT2D eigenvalue weighted by molar-refractivity contribution is -0.140. The highest BCUT2D eigenvalue weighted by Gasteiger charge is 2.45. The Bertz CT molecular complexity index is 1880. The molecule has 1 saturated heterocycles. The fourth-order valence-electron chi connectivity index (χ4n) is 7.60. The van der Waals surface area contributed by atoms with Crippen molar-refractivity contribution in [1.82, 2.24) is 46.8 Å². The maximum atomic E-state index is 14.4. The van der Waals surface area contributed by atoms with Gasteiger partial charge in [0.15, 0.2) is 0 Å². The molecule has 5 rings (SSSR count). The highest BCUT2D eigenvalue weighted by Crippen LogP contribution is 2.28. The monoisotopic (exact) mass is 845 g/mol. The Morgan fingerprint density at radius 3 is 2.21 bits per heavy atom. The van der Waals surface area contributed by atoms with Gasteiger partial charge in [0.25, 0.3) is 11.8 Å². The largest absolute Gasteiger partial charge is 0.445 e. The van der Waals surface area contributed by atoms with Crippen molar-refractivity contribution in [2.45, 2.75) is 122 Å². The quantitative estimate of drug-likeness (QED) is 0.118. The van der Waals surface area contributed by atoms with Gasteiger partial charge in [0.2, 0.25) is 29.4 Å². The first kappa shape index (κ1) is 46.1. The minimum absolute atomic E-state index is 0.0157. The molecule has 0 bridgehead atoms. The van der Waals surface area contributed by atoms with E-state index in [4.69, 9.17) is 4.74 Å². The molecule has 6 N–H and O–H groups in total. The summed E-state index contributed by atoms with van der Waals surface area (Å²) in [7, 11) is 0. The highest BCUT2D eigenvalue weighted by molar-refractivity contribution is 6.38. The van der Waals surface area contributed by atoms with E-state index in [-0.39, 0.29) is 43.8 Å². The van der Waals surface area contributed by atoms with Crippen LogP contribution < -0.4 is 31.9 Å². The van der Waals surface area contributed by atoms with Crippen molar-refractivity contribution in [3.63, 3.8) is 0 Å². The summed E-state index contributed by atoms with van der Waals surface area (Å²) in [5.74, 6) is -5.88. The molecule has 2 aromatic rings. The Labute approximate surface area is 355 Å². The molecule has 2 saturated carbocycles. The summed E-state index contributed by atoms with van der Waals surface area (Å²) in [4.78, 5) is 117. The number of nitrogens with zero attached hydrogens (tertiary/aromatic N) is 3. The molecule has 18 nitrogen and oxygen atoms in total. The molecule has 7 amide bonds. The molecule has 3 fully saturated rings. The average Bonchev–Trinajstić information content (AvgIpc) is 3.97. The lowest BCUT2D eigenvalue weighted by Crippen LogP contribution is -2.61. The van der Waals surface area contributed by atoms with Crippen molar-refractivity contribution in [2.75, 3.05) is 19.6 Å². The van der Waals surface area contributed by atoms with Gasteiger partial charge in [-0.15, -0.1) is 0 Å². The third kappa shape index (κ3) is 13.5. The van der Waals surface area contributed by atoms with Crippen molar-refractivity contribution in [2.24, 2.45) is 17.3 Å². The Morgan fingerprint density at radius 1 is 0.852 bits per heavy atom. The predicted octanol–water partition coefficient (Wildman–Crippen LogP) is 1.69. The number of ketones is 1. The number of likely N-dealkylation sites (tertiary alicyclic amines) is 1. The molecule has 2 heterocycles. The fraction of sp³-hybridized carbons (Fsp3) is 0.581. The molecule has 330 valence electrons. The molecule has 18 heteroatoms. The zero-order valence-electron chi connectivity index (χ0n) is 35.4. The fourth-order valence-corrected chi connectivity index (χ4v) is 7.60. The third-order valence-electron chi connectivity index (χ3n) is 11.2. The second-order valence-corrected chi connectivity index (χ2v) is 17.1. The summed E-state index contributed by atoms with van der Waals surface area (Å²) in [5.41, 5.74) is -0.0895. The Morgan fingerprint density at radius 2 is 1.57 bits per heavy atom. The van der Waals surface area contributed by atoms with E-state index in [9.17, 15) is 38.4 Å². The minimum Gasteiger partial charge on any atom is -0.445 e. The van der Waals surface area contributed by atoms with Gasteiger partial charge in [-0.25, -0.2) is 9.78 Å². The van der Waals surface area contributed by atoms with E-state index >= 15 is 0 Å². The molecule has 2 aliphatic carbocycles. The normalized spacial score (nSPS) is 19.3. The second kappa shape index (κ2) is 21.5. The van der Waals surface area contributed by atoms with E-state index in [1.807, 2.05) is 13.0 Å². The lowest BCUT2D eigenvalue weighted by atomic mass is 9.82. The van der Waals surface area contributed by atoms with Crippen molar-refractivity contribution in [1.29, 1.82) is 0 Å². The molecule has 2 unspecified atom stereocenters. The number of hydrogen-bond donors (Lipinski definition) is 6. The number of amides is 7. The Balaban J connectivity index is 1.32. The summed E-state index contributed by atoms with van der Waals surface area (Å²) in [6.07, 6.45) is 9.60. The molecule has 1 aromatic carbocycles. The number of benzene rings is 1. The van der Waals surface area contributed by atoms with Crippen molar-refractivity contribution < 1.29 is 43.1 Å². The van der Waals surface area contributed by atoms with Crippen LogP contribution in [0.15, 0.2) is 48.9 Å². The van der Waals surface area contributed by atoms with E-state index in [0.717, 1.165) is 37.7 Å². The van der Waals surface area contributed by atoms with Crippen LogP contribution >= 0.6 is 0 Å². The number of hydrogen-bond acceptors (Lipinski definition) is 11. The van der Waals surface area contributed by atoms with Crippen LogP contribution in [-0.2, 0) is 40.1 Å². The summed E-state index contributed by atoms with van der Waals surface area (Å²) in [6, 6.07) is 4.61. The first-order chi connectivity index (χ1) is 29.1. The number of alkyl carbamates (subject to hydrolysis) is 1. The van der Waals surface area contributed by atoms with Crippen LogP contribution in [0.3, 0.4) is 0 Å². The lowest BCUT2D eigenvalue weighted by Gasteiger charge is -2.35. The van der Waals surface area contributed by atoms with Crippen LogP contribution in [0, 0.1) is 17.3 Å².